The van der Waals surface area contributed by atoms with Crippen LogP contribution in [0.15, 0.2) is 22.7 Å². The Balaban J connectivity index is 1.96. The molecule has 0 unspecified atom stereocenters. The van der Waals surface area contributed by atoms with E-state index in [9.17, 15) is 4.79 Å². The zero-order valence-corrected chi connectivity index (χ0v) is 10.9. The monoisotopic (exact) mass is 282 g/mol. The van der Waals surface area contributed by atoms with Crippen LogP contribution in [0.1, 0.15) is 30.1 Å². The second-order valence-corrected chi connectivity index (χ2v) is 5.29. The maximum atomic E-state index is 10.6. The second kappa shape index (κ2) is 5.00. The molecule has 1 aliphatic rings. The molecule has 1 aromatic rings. The largest absolute Gasteiger partial charge is 0.492 e. The van der Waals surface area contributed by atoms with Crippen LogP contribution < -0.4 is 4.74 Å². The van der Waals surface area contributed by atoms with E-state index in [1.54, 1.807) is 12.1 Å². The molecule has 0 radical (unpaired) electrons. The van der Waals surface area contributed by atoms with E-state index < -0.39 is 0 Å². The molecule has 0 bridgehead atoms. The van der Waals surface area contributed by atoms with Gasteiger partial charge in [0.2, 0.25) is 0 Å². The summed E-state index contributed by atoms with van der Waals surface area (Å²) in [6.45, 7) is 3.04. The van der Waals surface area contributed by atoms with Gasteiger partial charge in [-0.25, -0.2) is 0 Å². The molecule has 0 saturated heterocycles. The fourth-order valence-corrected chi connectivity index (χ4v) is 2.40. The van der Waals surface area contributed by atoms with Crippen LogP contribution in [0.2, 0.25) is 0 Å². The van der Waals surface area contributed by atoms with Gasteiger partial charge >= 0.3 is 0 Å². The van der Waals surface area contributed by atoms with Gasteiger partial charge in [0.25, 0.3) is 0 Å². The Kier molecular flexibility index (Phi) is 3.64. The molecule has 1 fully saturated rings. The van der Waals surface area contributed by atoms with E-state index in [-0.39, 0.29) is 0 Å². The zero-order valence-electron chi connectivity index (χ0n) is 9.28. The van der Waals surface area contributed by atoms with Crippen LogP contribution in [0.25, 0.3) is 0 Å². The Morgan fingerprint density at radius 2 is 2.31 bits per heavy atom. The van der Waals surface area contributed by atoms with Crippen molar-refractivity contribution in [3.05, 3.63) is 28.2 Å². The van der Waals surface area contributed by atoms with Gasteiger partial charge in [0, 0.05) is 5.56 Å². The van der Waals surface area contributed by atoms with Crippen molar-refractivity contribution in [3.8, 4) is 5.75 Å². The smallest absolute Gasteiger partial charge is 0.150 e. The molecule has 0 spiro atoms. The second-order valence-electron chi connectivity index (χ2n) is 4.43. The number of benzene rings is 1. The number of halogens is 1. The standard InChI is InChI=1S/C13H15BrO2/c1-9-2-4-11(9)8-16-13-5-3-10(7-15)6-12(13)14/h3,5-7,9,11H,2,4,8H2,1H3/t9-,11-/m1/s1. The Morgan fingerprint density at radius 1 is 1.50 bits per heavy atom. The topological polar surface area (TPSA) is 26.3 Å². The average molecular weight is 283 g/mol. The lowest BCUT2D eigenvalue weighted by Crippen LogP contribution is -2.28. The lowest BCUT2D eigenvalue weighted by Gasteiger charge is -2.33. The number of carbonyl (C=O) groups excluding carboxylic acids is 1. The molecule has 0 heterocycles. The Labute approximate surface area is 104 Å². The van der Waals surface area contributed by atoms with Gasteiger partial charge in [-0.1, -0.05) is 6.92 Å². The van der Waals surface area contributed by atoms with Gasteiger partial charge in [-0.2, -0.15) is 0 Å². The minimum Gasteiger partial charge on any atom is -0.492 e. The molecule has 2 atom stereocenters. The number of carbonyl (C=O) groups is 1. The lowest BCUT2D eigenvalue weighted by molar-refractivity contribution is 0.112. The first-order valence-corrected chi connectivity index (χ1v) is 6.37. The summed E-state index contributed by atoms with van der Waals surface area (Å²) in [6, 6.07) is 5.40. The molecule has 2 nitrogen and oxygen atoms in total. The van der Waals surface area contributed by atoms with Crippen LogP contribution >= 0.6 is 15.9 Å². The lowest BCUT2D eigenvalue weighted by atomic mass is 9.75. The van der Waals surface area contributed by atoms with Crippen molar-refractivity contribution < 1.29 is 9.53 Å². The molecule has 0 amide bonds. The highest BCUT2D eigenvalue weighted by molar-refractivity contribution is 9.10. The van der Waals surface area contributed by atoms with Crippen LogP contribution in [0.3, 0.4) is 0 Å². The van der Waals surface area contributed by atoms with E-state index in [1.165, 1.54) is 12.8 Å². The number of ether oxygens (including phenoxy) is 1. The quantitative estimate of drug-likeness (QED) is 0.788. The highest BCUT2D eigenvalue weighted by Crippen LogP contribution is 2.35. The van der Waals surface area contributed by atoms with Crippen LogP contribution in [-0.4, -0.2) is 12.9 Å². The van der Waals surface area contributed by atoms with Crippen LogP contribution in [0.5, 0.6) is 5.75 Å². The third-order valence-corrected chi connectivity index (χ3v) is 3.96. The number of aldehydes is 1. The first-order valence-electron chi connectivity index (χ1n) is 5.58. The van der Waals surface area contributed by atoms with E-state index in [2.05, 4.69) is 22.9 Å². The van der Waals surface area contributed by atoms with Crippen molar-refractivity contribution >= 4 is 22.2 Å². The molecule has 1 aliphatic carbocycles. The van der Waals surface area contributed by atoms with E-state index >= 15 is 0 Å². The third kappa shape index (κ3) is 2.46. The number of hydrogen-bond donors (Lipinski definition) is 0. The van der Waals surface area contributed by atoms with Gasteiger partial charge in [0.15, 0.2) is 0 Å². The van der Waals surface area contributed by atoms with Crippen molar-refractivity contribution in [1.29, 1.82) is 0 Å². The average Bonchev–Trinajstić information content (AvgIpc) is 2.29. The predicted octanol–water partition coefficient (Wildman–Crippen LogP) is 3.69. The SMILES string of the molecule is C[C@@H]1CC[C@@H]1COc1ccc(C=O)cc1Br. The van der Waals surface area contributed by atoms with E-state index in [0.717, 1.165) is 29.0 Å². The molecule has 1 aromatic carbocycles. The summed E-state index contributed by atoms with van der Waals surface area (Å²) in [5.41, 5.74) is 0.663. The first kappa shape index (κ1) is 11.6. The van der Waals surface area contributed by atoms with Crippen molar-refractivity contribution in [2.24, 2.45) is 11.8 Å². The maximum absolute atomic E-state index is 10.6. The van der Waals surface area contributed by atoms with Crippen molar-refractivity contribution in [2.45, 2.75) is 19.8 Å². The summed E-state index contributed by atoms with van der Waals surface area (Å²) in [5.74, 6) is 2.30. The summed E-state index contributed by atoms with van der Waals surface area (Å²) in [5, 5.41) is 0. The van der Waals surface area contributed by atoms with Gasteiger partial charge in [-0.3, -0.25) is 4.79 Å². The first-order chi connectivity index (χ1) is 7.70. The molecule has 0 aromatic heterocycles. The molecular formula is C13H15BrO2. The van der Waals surface area contributed by atoms with Crippen molar-refractivity contribution in [2.75, 3.05) is 6.61 Å². The van der Waals surface area contributed by atoms with E-state index in [4.69, 9.17) is 4.74 Å². The summed E-state index contributed by atoms with van der Waals surface area (Å²) < 4.78 is 6.60. The maximum Gasteiger partial charge on any atom is 0.150 e. The molecule has 86 valence electrons. The highest BCUT2D eigenvalue weighted by Gasteiger charge is 2.27. The number of rotatable bonds is 4. The van der Waals surface area contributed by atoms with Crippen LogP contribution in [-0.2, 0) is 0 Å². The highest BCUT2D eigenvalue weighted by atomic mass is 79.9. The summed E-state index contributed by atoms with van der Waals surface area (Å²) in [4.78, 5) is 10.6. The van der Waals surface area contributed by atoms with Gasteiger partial charge in [0.1, 0.15) is 12.0 Å². The van der Waals surface area contributed by atoms with Gasteiger partial charge in [-0.05, 0) is 58.8 Å². The number of hydrogen-bond acceptors (Lipinski definition) is 2. The van der Waals surface area contributed by atoms with Crippen molar-refractivity contribution in [1.82, 2.24) is 0 Å². The minimum absolute atomic E-state index is 0.663. The fourth-order valence-electron chi connectivity index (χ4n) is 1.89. The molecule has 16 heavy (non-hydrogen) atoms. The van der Waals surface area contributed by atoms with E-state index in [1.807, 2.05) is 6.07 Å². The predicted molar refractivity (Wildman–Crippen MR) is 66.9 cm³/mol. The minimum atomic E-state index is 0.663. The van der Waals surface area contributed by atoms with Crippen molar-refractivity contribution in [3.63, 3.8) is 0 Å². The normalized spacial score (nSPS) is 23.6. The van der Waals surface area contributed by atoms with Gasteiger partial charge < -0.3 is 4.74 Å². The molecular weight excluding hydrogens is 268 g/mol. The summed E-state index contributed by atoms with van der Waals surface area (Å²) in [7, 11) is 0. The summed E-state index contributed by atoms with van der Waals surface area (Å²) in [6.07, 6.45) is 3.42. The summed E-state index contributed by atoms with van der Waals surface area (Å²) >= 11 is 3.41. The van der Waals surface area contributed by atoms with E-state index in [0.29, 0.717) is 11.5 Å². The zero-order chi connectivity index (χ0) is 11.5. The van der Waals surface area contributed by atoms with Crippen LogP contribution in [0.4, 0.5) is 0 Å². The fraction of sp³-hybridized carbons (Fsp3) is 0.462. The van der Waals surface area contributed by atoms with Gasteiger partial charge in [-0.15, -0.1) is 0 Å². The molecule has 3 heteroatoms. The third-order valence-electron chi connectivity index (χ3n) is 3.34. The molecule has 1 saturated carbocycles. The molecule has 0 aliphatic heterocycles. The Hall–Kier alpha value is -0.830. The van der Waals surface area contributed by atoms with Crippen LogP contribution in [0, 0.1) is 11.8 Å². The molecule has 2 rings (SSSR count). The molecule has 0 N–H and O–H groups in total. The van der Waals surface area contributed by atoms with Gasteiger partial charge in [0.05, 0.1) is 11.1 Å². The Bertz CT molecular complexity index is 390. The Morgan fingerprint density at radius 3 is 2.81 bits per heavy atom.